The van der Waals surface area contributed by atoms with Crippen molar-refractivity contribution in [2.24, 2.45) is 0 Å². The van der Waals surface area contributed by atoms with Gasteiger partial charge in [0.25, 0.3) is 0 Å². The van der Waals surface area contributed by atoms with Crippen molar-refractivity contribution >= 4 is 45.6 Å². The SMILES string of the molecule is CCCn1c(-c2ccc(Nc3ccc(C)cc3)c(Cl)c2)nc2cccc(Cl)c21. The fourth-order valence-electron chi connectivity index (χ4n) is 3.35. The van der Waals surface area contributed by atoms with Gasteiger partial charge in [0.15, 0.2) is 0 Å². The standard InChI is InChI=1S/C23H21Cl2N3/c1-3-13-28-22-18(24)5-4-6-21(22)27-23(28)16-9-12-20(19(25)14-16)26-17-10-7-15(2)8-11-17/h4-12,14,26H,3,13H2,1-2H3. The summed E-state index contributed by atoms with van der Waals surface area (Å²) >= 11 is 13.1. The van der Waals surface area contributed by atoms with Gasteiger partial charge in [0.1, 0.15) is 5.82 Å². The lowest BCUT2D eigenvalue weighted by atomic mass is 10.1. The van der Waals surface area contributed by atoms with Crippen molar-refractivity contribution in [3.8, 4) is 11.4 Å². The van der Waals surface area contributed by atoms with E-state index in [1.54, 1.807) is 0 Å². The third-order valence-corrected chi connectivity index (χ3v) is 5.34. The molecule has 0 radical (unpaired) electrons. The van der Waals surface area contributed by atoms with Crippen LogP contribution in [0.25, 0.3) is 22.4 Å². The van der Waals surface area contributed by atoms with Gasteiger partial charge in [-0.1, -0.05) is 53.9 Å². The Bertz CT molecular complexity index is 1130. The lowest BCUT2D eigenvalue weighted by Gasteiger charge is -2.12. The predicted octanol–water partition coefficient (Wildman–Crippen LogP) is 7.47. The molecule has 0 atom stereocenters. The van der Waals surface area contributed by atoms with E-state index in [-0.39, 0.29) is 0 Å². The lowest BCUT2D eigenvalue weighted by Crippen LogP contribution is -2.00. The molecular weight excluding hydrogens is 389 g/mol. The summed E-state index contributed by atoms with van der Waals surface area (Å²) < 4.78 is 2.18. The number of para-hydroxylation sites is 1. The minimum atomic E-state index is 0.652. The van der Waals surface area contributed by atoms with E-state index in [1.165, 1.54) is 5.56 Å². The Labute approximate surface area is 174 Å². The van der Waals surface area contributed by atoms with E-state index in [0.29, 0.717) is 10.0 Å². The van der Waals surface area contributed by atoms with Gasteiger partial charge in [0.2, 0.25) is 0 Å². The summed E-state index contributed by atoms with van der Waals surface area (Å²) in [7, 11) is 0. The molecular formula is C23H21Cl2N3. The van der Waals surface area contributed by atoms with Crippen LogP contribution in [0.3, 0.4) is 0 Å². The zero-order valence-electron chi connectivity index (χ0n) is 15.8. The highest BCUT2D eigenvalue weighted by Gasteiger charge is 2.15. The van der Waals surface area contributed by atoms with E-state index in [0.717, 1.165) is 46.8 Å². The molecule has 142 valence electrons. The maximum absolute atomic E-state index is 6.59. The molecule has 0 unspecified atom stereocenters. The van der Waals surface area contributed by atoms with Crippen LogP contribution < -0.4 is 5.32 Å². The van der Waals surface area contributed by atoms with Crippen molar-refractivity contribution in [2.45, 2.75) is 26.8 Å². The first kappa shape index (κ1) is 18.9. The number of hydrogen-bond acceptors (Lipinski definition) is 2. The Kier molecular flexibility index (Phi) is 5.29. The highest BCUT2D eigenvalue weighted by Crippen LogP contribution is 2.34. The van der Waals surface area contributed by atoms with Crippen LogP contribution >= 0.6 is 23.2 Å². The van der Waals surface area contributed by atoms with Crippen molar-refractivity contribution in [2.75, 3.05) is 5.32 Å². The number of nitrogens with zero attached hydrogens (tertiary/aromatic N) is 2. The third-order valence-electron chi connectivity index (χ3n) is 4.72. The summed E-state index contributed by atoms with van der Waals surface area (Å²) in [5.41, 5.74) is 5.93. The number of benzene rings is 3. The molecule has 0 aliphatic heterocycles. The first-order valence-corrected chi connectivity index (χ1v) is 10.1. The van der Waals surface area contributed by atoms with Crippen LogP contribution in [0.2, 0.25) is 10.0 Å². The van der Waals surface area contributed by atoms with Gasteiger partial charge in [-0.3, -0.25) is 0 Å². The monoisotopic (exact) mass is 409 g/mol. The number of aryl methyl sites for hydroxylation is 2. The zero-order valence-corrected chi connectivity index (χ0v) is 17.3. The van der Waals surface area contributed by atoms with Gasteiger partial charge in [-0.05, 0) is 55.8 Å². The molecule has 5 heteroatoms. The lowest BCUT2D eigenvalue weighted by molar-refractivity contribution is 0.704. The van der Waals surface area contributed by atoms with E-state index in [4.69, 9.17) is 28.2 Å². The average molecular weight is 410 g/mol. The fraction of sp³-hybridized carbons (Fsp3) is 0.174. The predicted molar refractivity (Wildman–Crippen MR) is 120 cm³/mol. The largest absolute Gasteiger partial charge is 0.354 e. The molecule has 0 amide bonds. The van der Waals surface area contributed by atoms with E-state index < -0.39 is 0 Å². The topological polar surface area (TPSA) is 29.9 Å². The molecule has 1 aromatic heterocycles. The molecule has 0 saturated carbocycles. The normalized spacial score (nSPS) is 11.1. The maximum Gasteiger partial charge on any atom is 0.141 e. The summed E-state index contributed by atoms with van der Waals surface area (Å²) in [5.74, 6) is 0.883. The van der Waals surface area contributed by atoms with Gasteiger partial charge in [-0.15, -0.1) is 0 Å². The Hall–Kier alpha value is -2.49. The Morgan fingerprint density at radius 2 is 1.75 bits per heavy atom. The summed E-state index contributed by atoms with van der Waals surface area (Å²) in [4.78, 5) is 4.83. The second-order valence-electron chi connectivity index (χ2n) is 6.88. The summed E-state index contributed by atoms with van der Waals surface area (Å²) in [6, 6.07) is 20.1. The van der Waals surface area contributed by atoms with Gasteiger partial charge < -0.3 is 9.88 Å². The first-order chi connectivity index (χ1) is 13.6. The molecule has 0 fully saturated rings. The molecule has 4 rings (SSSR count). The maximum atomic E-state index is 6.59. The molecule has 28 heavy (non-hydrogen) atoms. The Morgan fingerprint density at radius 3 is 2.46 bits per heavy atom. The van der Waals surface area contributed by atoms with E-state index in [2.05, 4.69) is 35.9 Å². The van der Waals surface area contributed by atoms with Crippen LogP contribution in [0.1, 0.15) is 18.9 Å². The average Bonchev–Trinajstić information content (AvgIpc) is 3.05. The van der Waals surface area contributed by atoms with Crippen molar-refractivity contribution in [1.82, 2.24) is 9.55 Å². The minimum Gasteiger partial charge on any atom is -0.354 e. The zero-order chi connectivity index (χ0) is 19.7. The van der Waals surface area contributed by atoms with Gasteiger partial charge in [0.05, 0.1) is 26.8 Å². The fourth-order valence-corrected chi connectivity index (χ4v) is 3.85. The highest BCUT2D eigenvalue weighted by atomic mass is 35.5. The molecule has 3 aromatic carbocycles. The minimum absolute atomic E-state index is 0.652. The molecule has 0 spiro atoms. The molecule has 0 saturated heterocycles. The number of fused-ring (bicyclic) bond motifs is 1. The van der Waals surface area contributed by atoms with Crippen LogP contribution in [-0.4, -0.2) is 9.55 Å². The third kappa shape index (κ3) is 3.60. The summed E-state index contributed by atoms with van der Waals surface area (Å²) in [5, 5.41) is 4.74. The second kappa shape index (κ2) is 7.86. The van der Waals surface area contributed by atoms with Crippen LogP contribution in [0.5, 0.6) is 0 Å². The molecule has 0 bridgehead atoms. The highest BCUT2D eigenvalue weighted by molar-refractivity contribution is 6.35. The van der Waals surface area contributed by atoms with E-state index in [9.17, 15) is 0 Å². The molecule has 1 N–H and O–H groups in total. The van der Waals surface area contributed by atoms with Crippen molar-refractivity contribution < 1.29 is 0 Å². The van der Waals surface area contributed by atoms with Crippen molar-refractivity contribution in [3.63, 3.8) is 0 Å². The number of halogens is 2. The van der Waals surface area contributed by atoms with Crippen LogP contribution in [-0.2, 0) is 6.54 Å². The Balaban J connectivity index is 1.74. The first-order valence-electron chi connectivity index (χ1n) is 9.35. The number of hydrogen-bond donors (Lipinski definition) is 1. The number of rotatable bonds is 5. The summed E-state index contributed by atoms with van der Waals surface area (Å²) in [6.07, 6.45) is 0.991. The molecule has 0 aliphatic carbocycles. The van der Waals surface area contributed by atoms with Crippen LogP contribution in [0.15, 0.2) is 60.7 Å². The van der Waals surface area contributed by atoms with Gasteiger partial charge >= 0.3 is 0 Å². The van der Waals surface area contributed by atoms with E-state index >= 15 is 0 Å². The van der Waals surface area contributed by atoms with Crippen LogP contribution in [0.4, 0.5) is 11.4 Å². The quantitative estimate of drug-likeness (QED) is 0.370. The van der Waals surface area contributed by atoms with Crippen molar-refractivity contribution in [1.29, 1.82) is 0 Å². The van der Waals surface area contributed by atoms with Gasteiger partial charge in [-0.2, -0.15) is 0 Å². The number of imidazole rings is 1. The molecule has 1 heterocycles. The Morgan fingerprint density at radius 1 is 0.964 bits per heavy atom. The second-order valence-corrected chi connectivity index (χ2v) is 7.69. The van der Waals surface area contributed by atoms with Gasteiger partial charge in [0, 0.05) is 17.8 Å². The smallest absolute Gasteiger partial charge is 0.141 e. The molecule has 4 aromatic rings. The van der Waals surface area contributed by atoms with E-state index in [1.807, 2.05) is 48.5 Å². The summed E-state index contributed by atoms with van der Waals surface area (Å²) in [6.45, 7) is 5.06. The van der Waals surface area contributed by atoms with Gasteiger partial charge in [-0.25, -0.2) is 4.98 Å². The van der Waals surface area contributed by atoms with Crippen molar-refractivity contribution in [3.05, 3.63) is 76.3 Å². The number of aromatic nitrogens is 2. The van der Waals surface area contributed by atoms with Crippen LogP contribution in [0, 0.1) is 6.92 Å². The number of nitrogens with one attached hydrogen (secondary N) is 1. The molecule has 3 nitrogen and oxygen atoms in total. The number of anilines is 2. The molecule has 0 aliphatic rings.